The molecule has 0 N–H and O–H groups in total. The molecule has 1 saturated heterocycles. The normalized spacial score (nSPS) is 16.4. The van der Waals surface area contributed by atoms with Crippen LogP contribution in [0.1, 0.15) is 11.3 Å². The molecule has 1 aromatic heterocycles. The Morgan fingerprint density at radius 2 is 1.71 bits per heavy atom. The van der Waals surface area contributed by atoms with Crippen LogP contribution in [-0.2, 0) is 17.8 Å². The van der Waals surface area contributed by atoms with E-state index in [2.05, 4.69) is 68.8 Å². The number of amides is 1. The van der Waals surface area contributed by atoms with Crippen molar-refractivity contribution in [3.05, 3.63) is 72.5 Å². The molecule has 2 aromatic carbocycles. The highest BCUT2D eigenvalue weighted by molar-refractivity contribution is 5.94. The van der Waals surface area contributed by atoms with Gasteiger partial charge in [0.05, 0.1) is 12.2 Å². The first kappa shape index (κ1) is 19.5. The molecule has 7 heteroatoms. The second-order valence-electron chi connectivity index (χ2n) is 7.98. The molecule has 0 saturated carbocycles. The number of halogens is 1. The summed E-state index contributed by atoms with van der Waals surface area (Å²) in [6.07, 6.45) is 2.48. The lowest BCUT2D eigenvalue weighted by Crippen LogP contribution is -2.49. The van der Waals surface area contributed by atoms with Crippen LogP contribution in [0.25, 0.3) is 10.8 Å². The van der Waals surface area contributed by atoms with Gasteiger partial charge in [0, 0.05) is 49.4 Å². The molecule has 2 aliphatic heterocycles. The Labute approximate surface area is 180 Å². The predicted octanol–water partition coefficient (Wildman–Crippen LogP) is 3.32. The number of hydrogen-bond donors (Lipinski definition) is 0. The molecule has 0 atom stereocenters. The first-order valence-corrected chi connectivity index (χ1v) is 10.6. The first-order valence-electron chi connectivity index (χ1n) is 10.6. The van der Waals surface area contributed by atoms with Gasteiger partial charge in [0.15, 0.2) is 5.83 Å². The van der Waals surface area contributed by atoms with Gasteiger partial charge >= 0.3 is 0 Å². The Bertz CT molecular complexity index is 1150. The van der Waals surface area contributed by atoms with E-state index in [-0.39, 0.29) is 0 Å². The average Bonchev–Trinajstić information content (AvgIpc) is 2.82. The molecule has 0 spiro atoms. The Kier molecular flexibility index (Phi) is 5.02. The van der Waals surface area contributed by atoms with Crippen LogP contribution in [-0.4, -0.2) is 53.5 Å². The lowest BCUT2D eigenvalue weighted by atomic mass is 10.0. The highest BCUT2D eigenvalue weighted by Gasteiger charge is 2.28. The van der Waals surface area contributed by atoms with Crippen molar-refractivity contribution >= 4 is 28.2 Å². The largest absolute Gasteiger partial charge is 0.365 e. The topological polar surface area (TPSA) is 52.6 Å². The molecule has 1 amide bonds. The summed E-state index contributed by atoms with van der Waals surface area (Å²) in [7, 11) is 0. The van der Waals surface area contributed by atoms with E-state index in [0.29, 0.717) is 26.2 Å². The van der Waals surface area contributed by atoms with Crippen molar-refractivity contribution in [2.45, 2.75) is 13.0 Å². The smallest absolute Gasteiger partial charge is 0.282 e. The van der Waals surface area contributed by atoms with Gasteiger partial charge in [-0.15, -0.1) is 0 Å². The summed E-state index contributed by atoms with van der Waals surface area (Å²) in [5.74, 6) is -0.578. The Morgan fingerprint density at radius 1 is 0.935 bits per heavy atom. The van der Waals surface area contributed by atoms with Crippen LogP contribution in [0.15, 0.2) is 61.2 Å². The van der Waals surface area contributed by atoms with E-state index in [0.717, 1.165) is 31.0 Å². The minimum absolute atomic E-state index is 0.461. The molecule has 0 radical (unpaired) electrons. The van der Waals surface area contributed by atoms with Crippen LogP contribution in [0, 0.1) is 0 Å². The van der Waals surface area contributed by atoms with Crippen LogP contribution in [0.5, 0.6) is 0 Å². The number of fused-ring (bicyclic) bond motifs is 2. The van der Waals surface area contributed by atoms with Gasteiger partial charge < -0.3 is 14.7 Å². The van der Waals surface area contributed by atoms with Gasteiger partial charge in [0.2, 0.25) is 0 Å². The fraction of sp³-hybridized carbons (Fsp3) is 0.292. The molecule has 5 rings (SSSR count). The van der Waals surface area contributed by atoms with Crippen LogP contribution in [0.2, 0.25) is 0 Å². The maximum absolute atomic E-state index is 13.2. The standard InChI is InChI=1S/C24H24FN5O/c1-17(25)24(31)29-13-11-28(12-14-29)23-20-9-10-30(15-21(20)26-16-27-23)22-8-4-6-18-5-2-3-7-19(18)22/h2-8,16H,1,9-15H2. The Balaban J connectivity index is 1.37. The zero-order chi connectivity index (χ0) is 21.4. The van der Waals surface area contributed by atoms with E-state index in [9.17, 15) is 9.18 Å². The summed E-state index contributed by atoms with van der Waals surface area (Å²) >= 11 is 0. The van der Waals surface area contributed by atoms with Crippen molar-refractivity contribution in [3.63, 3.8) is 0 Å². The molecule has 0 aliphatic carbocycles. The van der Waals surface area contributed by atoms with Gasteiger partial charge in [-0.2, -0.15) is 0 Å². The van der Waals surface area contributed by atoms with Gasteiger partial charge in [-0.3, -0.25) is 4.79 Å². The summed E-state index contributed by atoms with van der Waals surface area (Å²) in [4.78, 5) is 27.1. The minimum atomic E-state index is -0.901. The summed E-state index contributed by atoms with van der Waals surface area (Å²) in [5.41, 5.74) is 3.44. The Hall–Kier alpha value is -3.48. The number of benzene rings is 2. The number of piperazine rings is 1. The zero-order valence-corrected chi connectivity index (χ0v) is 17.3. The number of anilines is 2. The van der Waals surface area contributed by atoms with E-state index in [4.69, 9.17) is 0 Å². The quantitative estimate of drug-likeness (QED) is 0.612. The second kappa shape index (κ2) is 7.98. The maximum Gasteiger partial charge on any atom is 0.282 e. The van der Waals surface area contributed by atoms with Crippen molar-refractivity contribution < 1.29 is 9.18 Å². The minimum Gasteiger partial charge on any atom is -0.365 e. The zero-order valence-electron chi connectivity index (χ0n) is 17.3. The number of aromatic nitrogens is 2. The van der Waals surface area contributed by atoms with Crippen molar-refractivity contribution in [2.75, 3.05) is 42.5 Å². The highest BCUT2D eigenvalue weighted by atomic mass is 19.1. The summed E-state index contributed by atoms with van der Waals surface area (Å²) in [6, 6.07) is 14.9. The third-order valence-electron chi connectivity index (χ3n) is 6.19. The van der Waals surface area contributed by atoms with E-state index < -0.39 is 11.7 Å². The van der Waals surface area contributed by atoms with Crippen molar-refractivity contribution in [1.82, 2.24) is 14.9 Å². The maximum atomic E-state index is 13.2. The van der Waals surface area contributed by atoms with Crippen LogP contribution >= 0.6 is 0 Å². The molecular formula is C24H24FN5O. The lowest BCUT2D eigenvalue weighted by molar-refractivity contribution is -0.128. The third kappa shape index (κ3) is 3.60. The molecule has 2 aliphatic rings. The van der Waals surface area contributed by atoms with Crippen LogP contribution in [0.3, 0.4) is 0 Å². The molecule has 1 fully saturated rings. The van der Waals surface area contributed by atoms with E-state index >= 15 is 0 Å². The number of nitrogens with zero attached hydrogens (tertiary/aromatic N) is 5. The highest BCUT2D eigenvalue weighted by Crippen LogP contribution is 2.32. The van der Waals surface area contributed by atoms with E-state index in [1.807, 2.05) is 0 Å². The number of rotatable bonds is 3. The van der Waals surface area contributed by atoms with E-state index in [1.54, 1.807) is 6.33 Å². The van der Waals surface area contributed by atoms with Crippen molar-refractivity contribution in [1.29, 1.82) is 0 Å². The van der Waals surface area contributed by atoms with Gasteiger partial charge in [-0.25, -0.2) is 14.4 Å². The lowest BCUT2D eigenvalue weighted by Gasteiger charge is -2.37. The molecule has 0 bridgehead atoms. The molecule has 3 aromatic rings. The molecule has 0 unspecified atom stereocenters. The Morgan fingerprint density at radius 3 is 2.52 bits per heavy atom. The first-order chi connectivity index (χ1) is 15.1. The number of carbonyl (C=O) groups is 1. The third-order valence-corrected chi connectivity index (χ3v) is 6.19. The predicted molar refractivity (Wildman–Crippen MR) is 120 cm³/mol. The van der Waals surface area contributed by atoms with Crippen molar-refractivity contribution in [3.8, 4) is 0 Å². The number of carbonyl (C=O) groups excluding carboxylic acids is 1. The van der Waals surface area contributed by atoms with Crippen LogP contribution < -0.4 is 9.80 Å². The van der Waals surface area contributed by atoms with Gasteiger partial charge in [0.1, 0.15) is 12.1 Å². The summed E-state index contributed by atoms with van der Waals surface area (Å²) < 4.78 is 13.2. The van der Waals surface area contributed by atoms with Crippen molar-refractivity contribution in [2.24, 2.45) is 0 Å². The van der Waals surface area contributed by atoms with Gasteiger partial charge in [0.25, 0.3) is 5.91 Å². The van der Waals surface area contributed by atoms with Gasteiger partial charge in [-0.1, -0.05) is 43.0 Å². The summed E-state index contributed by atoms with van der Waals surface area (Å²) in [5, 5.41) is 2.48. The average molecular weight is 417 g/mol. The number of hydrogen-bond acceptors (Lipinski definition) is 5. The SMILES string of the molecule is C=C(F)C(=O)N1CCN(c2ncnc3c2CCN(c2cccc4ccccc24)C3)CC1. The van der Waals surface area contributed by atoms with Crippen LogP contribution in [0.4, 0.5) is 15.9 Å². The fourth-order valence-electron chi connectivity index (χ4n) is 4.59. The molecule has 158 valence electrons. The van der Waals surface area contributed by atoms with E-state index in [1.165, 1.54) is 26.9 Å². The molecule has 31 heavy (non-hydrogen) atoms. The summed E-state index contributed by atoms with van der Waals surface area (Å²) in [6.45, 7) is 6.91. The second-order valence-corrected chi connectivity index (χ2v) is 7.98. The molecule has 3 heterocycles. The fourth-order valence-corrected chi connectivity index (χ4v) is 4.59. The monoisotopic (exact) mass is 417 g/mol. The molecule has 6 nitrogen and oxygen atoms in total. The molecular weight excluding hydrogens is 393 g/mol. The van der Waals surface area contributed by atoms with Gasteiger partial charge in [-0.05, 0) is 17.9 Å².